The van der Waals surface area contributed by atoms with Crippen molar-refractivity contribution in [3.63, 3.8) is 0 Å². The first-order chi connectivity index (χ1) is 7.70. The van der Waals surface area contributed by atoms with Crippen LogP contribution in [0.4, 0.5) is 5.69 Å². The number of benzene rings is 1. The predicted molar refractivity (Wildman–Crippen MR) is 68.5 cm³/mol. The number of nitriles is 1. The van der Waals surface area contributed by atoms with Crippen LogP contribution in [0.15, 0.2) is 22.7 Å². The van der Waals surface area contributed by atoms with E-state index in [9.17, 15) is 0 Å². The van der Waals surface area contributed by atoms with Gasteiger partial charge in [-0.15, -0.1) is 0 Å². The van der Waals surface area contributed by atoms with Crippen molar-refractivity contribution in [2.75, 3.05) is 25.0 Å². The summed E-state index contributed by atoms with van der Waals surface area (Å²) in [7, 11) is 2.08. The summed E-state index contributed by atoms with van der Waals surface area (Å²) in [5, 5.41) is 12.3. The summed E-state index contributed by atoms with van der Waals surface area (Å²) < 4.78 is 0.958. The zero-order valence-electron chi connectivity index (χ0n) is 9.20. The van der Waals surface area contributed by atoms with Gasteiger partial charge >= 0.3 is 0 Å². The van der Waals surface area contributed by atoms with Gasteiger partial charge in [0.2, 0.25) is 0 Å². The van der Waals surface area contributed by atoms with Crippen LogP contribution in [-0.2, 0) is 0 Å². The van der Waals surface area contributed by atoms with Crippen molar-refractivity contribution in [2.24, 2.45) is 0 Å². The monoisotopic (exact) mass is 279 g/mol. The smallest absolute Gasteiger partial charge is 0.0992 e. The third-order valence-corrected chi connectivity index (χ3v) is 3.46. The van der Waals surface area contributed by atoms with Crippen molar-refractivity contribution in [1.82, 2.24) is 5.32 Å². The van der Waals surface area contributed by atoms with Crippen LogP contribution >= 0.6 is 15.9 Å². The highest BCUT2D eigenvalue weighted by Gasteiger charge is 2.19. The van der Waals surface area contributed by atoms with E-state index in [4.69, 9.17) is 5.26 Å². The molecule has 1 saturated heterocycles. The van der Waals surface area contributed by atoms with Gasteiger partial charge in [-0.1, -0.05) is 15.9 Å². The molecule has 1 fully saturated rings. The summed E-state index contributed by atoms with van der Waals surface area (Å²) in [5.41, 5.74) is 1.79. The van der Waals surface area contributed by atoms with E-state index >= 15 is 0 Å². The molecule has 1 atom stereocenters. The largest absolute Gasteiger partial charge is 0.370 e. The molecule has 1 aromatic carbocycles. The van der Waals surface area contributed by atoms with E-state index in [1.165, 1.54) is 0 Å². The lowest BCUT2D eigenvalue weighted by atomic mass is 10.1. The summed E-state index contributed by atoms with van der Waals surface area (Å²) in [6, 6.07) is 8.54. The topological polar surface area (TPSA) is 39.1 Å². The Bertz CT molecular complexity index is 419. The van der Waals surface area contributed by atoms with Crippen molar-refractivity contribution in [3.05, 3.63) is 28.2 Å². The van der Waals surface area contributed by atoms with Gasteiger partial charge in [-0.05, 0) is 31.2 Å². The minimum Gasteiger partial charge on any atom is -0.370 e. The van der Waals surface area contributed by atoms with E-state index in [1.54, 1.807) is 0 Å². The SMILES string of the molecule is CN(c1cc(Br)cc(C#N)c1)C1CCNC1. The van der Waals surface area contributed by atoms with Crippen molar-refractivity contribution < 1.29 is 0 Å². The van der Waals surface area contributed by atoms with Gasteiger partial charge in [0.05, 0.1) is 11.6 Å². The molecule has 1 aliphatic rings. The second-order valence-electron chi connectivity index (χ2n) is 4.07. The Balaban J connectivity index is 2.25. The lowest BCUT2D eigenvalue weighted by molar-refractivity contribution is 0.685. The van der Waals surface area contributed by atoms with Crippen LogP contribution in [0.2, 0.25) is 0 Å². The van der Waals surface area contributed by atoms with Gasteiger partial charge in [0.1, 0.15) is 0 Å². The molecule has 1 heterocycles. The van der Waals surface area contributed by atoms with Gasteiger partial charge in [0.15, 0.2) is 0 Å². The molecule has 0 aromatic heterocycles. The molecule has 1 aromatic rings. The Labute approximate surface area is 104 Å². The highest BCUT2D eigenvalue weighted by Crippen LogP contribution is 2.24. The molecule has 0 saturated carbocycles. The van der Waals surface area contributed by atoms with E-state index < -0.39 is 0 Å². The third-order valence-electron chi connectivity index (χ3n) is 3.00. The van der Waals surface area contributed by atoms with Crippen molar-refractivity contribution in [3.8, 4) is 6.07 Å². The maximum absolute atomic E-state index is 8.93. The Kier molecular flexibility index (Phi) is 3.47. The number of likely N-dealkylation sites (N-methyl/N-ethyl adjacent to an activating group) is 1. The van der Waals surface area contributed by atoms with E-state index in [-0.39, 0.29) is 0 Å². The second-order valence-corrected chi connectivity index (χ2v) is 4.98. The molecule has 2 rings (SSSR count). The molecule has 1 aliphatic heterocycles. The first-order valence-corrected chi connectivity index (χ1v) is 6.14. The molecule has 3 nitrogen and oxygen atoms in total. The van der Waals surface area contributed by atoms with Gasteiger partial charge in [0, 0.05) is 29.8 Å². The van der Waals surface area contributed by atoms with Gasteiger partial charge in [-0.2, -0.15) is 5.26 Å². The normalized spacial score (nSPS) is 19.4. The van der Waals surface area contributed by atoms with Crippen LogP contribution in [0.3, 0.4) is 0 Å². The lowest BCUT2D eigenvalue weighted by Gasteiger charge is -2.26. The average Bonchev–Trinajstić information content (AvgIpc) is 2.80. The zero-order chi connectivity index (χ0) is 11.5. The summed E-state index contributed by atoms with van der Waals surface area (Å²) in [5.74, 6) is 0. The average molecular weight is 280 g/mol. The van der Waals surface area contributed by atoms with Crippen LogP contribution in [0.1, 0.15) is 12.0 Å². The van der Waals surface area contributed by atoms with Crippen LogP contribution < -0.4 is 10.2 Å². The Morgan fingerprint density at radius 3 is 2.94 bits per heavy atom. The number of nitrogens with one attached hydrogen (secondary N) is 1. The molecule has 1 unspecified atom stereocenters. The molecule has 0 spiro atoms. The number of anilines is 1. The predicted octanol–water partition coefficient (Wildman–Crippen LogP) is 2.12. The summed E-state index contributed by atoms with van der Waals surface area (Å²) >= 11 is 3.44. The maximum atomic E-state index is 8.93. The number of hydrogen-bond acceptors (Lipinski definition) is 3. The molecule has 0 aliphatic carbocycles. The van der Waals surface area contributed by atoms with Crippen LogP contribution in [0.5, 0.6) is 0 Å². The third kappa shape index (κ3) is 2.37. The molecular weight excluding hydrogens is 266 g/mol. The molecule has 0 radical (unpaired) electrons. The molecule has 16 heavy (non-hydrogen) atoms. The van der Waals surface area contributed by atoms with Gasteiger partial charge in [-0.3, -0.25) is 0 Å². The van der Waals surface area contributed by atoms with Crippen molar-refractivity contribution in [1.29, 1.82) is 5.26 Å². The number of rotatable bonds is 2. The first-order valence-electron chi connectivity index (χ1n) is 5.35. The van der Waals surface area contributed by atoms with E-state index in [2.05, 4.69) is 45.3 Å². The molecule has 84 valence electrons. The Morgan fingerprint density at radius 1 is 1.50 bits per heavy atom. The van der Waals surface area contributed by atoms with E-state index in [0.29, 0.717) is 11.6 Å². The minimum absolute atomic E-state index is 0.529. The van der Waals surface area contributed by atoms with E-state index in [1.807, 2.05) is 12.1 Å². The van der Waals surface area contributed by atoms with Gasteiger partial charge < -0.3 is 10.2 Å². The van der Waals surface area contributed by atoms with Crippen LogP contribution in [0.25, 0.3) is 0 Å². The standard InChI is InChI=1S/C12H14BrN3/c1-16(11-2-3-15-8-11)12-5-9(7-14)4-10(13)6-12/h4-6,11,15H,2-3,8H2,1H3. The molecule has 0 bridgehead atoms. The molecular formula is C12H14BrN3. The number of hydrogen-bond donors (Lipinski definition) is 1. The molecule has 1 N–H and O–H groups in total. The fraction of sp³-hybridized carbons (Fsp3) is 0.417. The number of halogens is 1. The summed E-state index contributed by atoms with van der Waals surface area (Å²) in [6.07, 6.45) is 1.16. The number of nitrogens with zero attached hydrogens (tertiary/aromatic N) is 2. The van der Waals surface area contributed by atoms with Gasteiger partial charge in [0.25, 0.3) is 0 Å². The van der Waals surface area contributed by atoms with Gasteiger partial charge in [-0.25, -0.2) is 0 Å². The lowest BCUT2D eigenvalue weighted by Crippen LogP contribution is -2.33. The zero-order valence-corrected chi connectivity index (χ0v) is 10.8. The fourth-order valence-electron chi connectivity index (χ4n) is 2.02. The Hall–Kier alpha value is -1.05. The maximum Gasteiger partial charge on any atom is 0.0992 e. The summed E-state index contributed by atoms with van der Waals surface area (Å²) in [6.45, 7) is 2.10. The highest BCUT2D eigenvalue weighted by molar-refractivity contribution is 9.10. The second kappa shape index (κ2) is 4.86. The fourth-order valence-corrected chi connectivity index (χ4v) is 2.50. The Morgan fingerprint density at radius 2 is 2.31 bits per heavy atom. The first kappa shape index (κ1) is 11.4. The van der Waals surface area contributed by atoms with E-state index in [0.717, 1.165) is 29.7 Å². The summed E-state index contributed by atoms with van der Waals surface area (Å²) in [4.78, 5) is 2.24. The van der Waals surface area contributed by atoms with Crippen LogP contribution in [-0.4, -0.2) is 26.2 Å². The van der Waals surface area contributed by atoms with Crippen molar-refractivity contribution in [2.45, 2.75) is 12.5 Å². The molecule has 0 amide bonds. The quantitative estimate of drug-likeness (QED) is 0.902. The highest BCUT2D eigenvalue weighted by atomic mass is 79.9. The van der Waals surface area contributed by atoms with Crippen molar-refractivity contribution >= 4 is 21.6 Å². The van der Waals surface area contributed by atoms with Crippen LogP contribution in [0, 0.1) is 11.3 Å². The minimum atomic E-state index is 0.529. The molecule has 4 heteroatoms.